The third kappa shape index (κ3) is 3.65. The summed E-state index contributed by atoms with van der Waals surface area (Å²) in [7, 11) is 0. The Morgan fingerprint density at radius 1 is 1.15 bits per heavy atom. The van der Waals surface area contributed by atoms with Gasteiger partial charge in [-0.1, -0.05) is 6.07 Å². The van der Waals surface area contributed by atoms with Crippen molar-refractivity contribution in [3.8, 4) is 0 Å². The number of hydrogen-bond donors (Lipinski definition) is 1. The van der Waals surface area contributed by atoms with E-state index in [2.05, 4.69) is 30.2 Å². The van der Waals surface area contributed by atoms with Crippen molar-refractivity contribution >= 4 is 28.1 Å². The summed E-state index contributed by atoms with van der Waals surface area (Å²) in [5.74, 6) is -0.735. The zero-order chi connectivity index (χ0) is 23.3. The number of rotatable bonds is 5. The first-order valence-corrected chi connectivity index (χ1v) is 10.8. The highest BCUT2D eigenvalue weighted by atomic mass is 19.1. The molecule has 0 unspecified atom stereocenters. The highest BCUT2D eigenvalue weighted by molar-refractivity contribution is 6.08. The number of imidazole rings is 1. The van der Waals surface area contributed by atoms with Gasteiger partial charge in [-0.05, 0) is 52.0 Å². The molecular formula is C24H24FN7O. The number of fused-ring (bicyclic) bond motifs is 2. The molecule has 1 N–H and O–H groups in total. The van der Waals surface area contributed by atoms with E-state index in [1.54, 1.807) is 4.40 Å². The number of amides is 1. The average molecular weight is 446 g/mol. The van der Waals surface area contributed by atoms with E-state index in [0.717, 1.165) is 28.0 Å². The molecule has 0 bridgehead atoms. The Hall–Kier alpha value is -4.01. The summed E-state index contributed by atoms with van der Waals surface area (Å²) in [6.07, 6.45) is 2.93. The number of pyridine rings is 1. The summed E-state index contributed by atoms with van der Waals surface area (Å²) < 4.78 is 18.9. The van der Waals surface area contributed by atoms with Gasteiger partial charge in [0.15, 0.2) is 0 Å². The van der Waals surface area contributed by atoms with Crippen LogP contribution < -0.4 is 5.32 Å². The van der Waals surface area contributed by atoms with Crippen LogP contribution in [0.5, 0.6) is 0 Å². The quantitative estimate of drug-likeness (QED) is 0.431. The first-order chi connectivity index (χ1) is 15.8. The van der Waals surface area contributed by atoms with E-state index in [0.29, 0.717) is 23.6 Å². The largest absolute Gasteiger partial charge is 0.320 e. The molecular weight excluding hydrogens is 421 g/mol. The van der Waals surface area contributed by atoms with E-state index in [1.165, 1.54) is 24.5 Å². The van der Waals surface area contributed by atoms with Crippen LogP contribution in [-0.4, -0.2) is 34.9 Å². The van der Waals surface area contributed by atoms with Gasteiger partial charge in [0.2, 0.25) is 0 Å². The Balaban J connectivity index is 1.48. The number of anilines is 1. The molecule has 1 amide bonds. The molecule has 8 nitrogen and oxygen atoms in total. The number of halogens is 1. The Kier molecular flexibility index (Phi) is 4.96. The molecule has 0 saturated heterocycles. The molecule has 0 aliphatic heterocycles. The summed E-state index contributed by atoms with van der Waals surface area (Å²) in [6.45, 7) is 8.70. The van der Waals surface area contributed by atoms with Crippen molar-refractivity contribution < 1.29 is 9.18 Å². The van der Waals surface area contributed by atoms with Gasteiger partial charge >= 0.3 is 0 Å². The molecule has 33 heavy (non-hydrogen) atoms. The molecule has 4 aromatic heterocycles. The molecule has 5 rings (SSSR count). The summed E-state index contributed by atoms with van der Waals surface area (Å²) in [5, 5.41) is 13.3. The second-order valence-corrected chi connectivity index (χ2v) is 8.43. The van der Waals surface area contributed by atoms with E-state index >= 15 is 0 Å². The van der Waals surface area contributed by atoms with Crippen LogP contribution >= 0.6 is 0 Å². The van der Waals surface area contributed by atoms with Gasteiger partial charge in [-0.3, -0.25) is 18.6 Å². The Morgan fingerprint density at radius 2 is 1.97 bits per heavy atom. The lowest BCUT2D eigenvalue weighted by Crippen LogP contribution is -2.14. The lowest BCUT2D eigenvalue weighted by molar-refractivity contribution is 0.102. The summed E-state index contributed by atoms with van der Waals surface area (Å²) in [6, 6.07) is 10.7. The highest BCUT2D eigenvalue weighted by Gasteiger charge is 2.18. The van der Waals surface area contributed by atoms with Gasteiger partial charge in [0.05, 0.1) is 35.3 Å². The number of carbonyl (C=O) groups is 1. The third-order valence-electron chi connectivity index (χ3n) is 5.68. The molecule has 0 aliphatic rings. The van der Waals surface area contributed by atoms with Crippen LogP contribution in [0.25, 0.3) is 16.6 Å². The summed E-state index contributed by atoms with van der Waals surface area (Å²) >= 11 is 0. The lowest BCUT2D eigenvalue weighted by atomic mass is 10.1. The Morgan fingerprint density at radius 3 is 2.73 bits per heavy atom. The normalized spacial score (nSPS) is 11.7. The number of hydrogen-bond acceptors (Lipinski definition) is 4. The van der Waals surface area contributed by atoms with Crippen molar-refractivity contribution in [3.05, 3.63) is 77.4 Å². The minimum Gasteiger partial charge on any atom is -0.320 e. The van der Waals surface area contributed by atoms with Crippen LogP contribution in [0.2, 0.25) is 0 Å². The number of benzene rings is 1. The first kappa shape index (κ1) is 20.9. The molecule has 4 heterocycles. The molecule has 0 radical (unpaired) electrons. The van der Waals surface area contributed by atoms with Gasteiger partial charge in [-0.15, -0.1) is 0 Å². The van der Waals surface area contributed by atoms with Crippen LogP contribution in [0.4, 0.5) is 10.1 Å². The van der Waals surface area contributed by atoms with Crippen molar-refractivity contribution in [1.29, 1.82) is 0 Å². The molecule has 0 saturated carbocycles. The maximum atomic E-state index is 13.5. The minimum atomic E-state index is -0.402. The van der Waals surface area contributed by atoms with Crippen LogP contribution in [0.1, 0.15) is 47.5 Å². The topological polar surface area (TPSA) is 82.0 Å². The lowest BCUT2D eigenvalue weighted by Gasteiger charge is -2.08. The van der Waals surface area contributed by atoms with E-state index in [1.807, 2.05) is 41.4 Å². The number of carbonyl (C=O) groups excluding carboxylic acids is 1. The Labute approximate surface area is 189 Å². The standard InChI is InChI=1S/C24H24FN7O/c1-14(2)32-15(3)10-18(29-32)13-31-20-7-5-6-19(23(20)16(4)28-31)27-24(33)21-12-26-22-11-17(25)8-9-30(21)22/h5-12,14H,13H2,1-4H3,(H,27,33). The van der Waals surface area contributed by atoms with E-state index in [9.17, 15) is 9.18 Å². The fourth-order valence-electron chi connectivity index (χ4n) is 4.26. The maximum Gasteiger partial charge on any atom is 0.274 e. The third-order valence-corrected chi connectivity index (χ3v) is 5.68. The van der Waals surface area contributed by atoms with E-state index in [4.69, 9.17) is 10.2 Å². The SMILES string of the molecule is Cc1nn(Cc2cc(C)n(C(C)C)n2)c2cccc(NC(=O)c3cnc4cc(F)ccn34)c12. The van der Waals surface area contributed by atoms with Gasteiger partial charge in [0.1, 0.15) is 17.2 Å². The van der Waals surface area contributed by atoms with Crippen LogP contribution in [0, 0.1) is 19.7 Å². The molecule has 0 spiro atoms. The number of nitrogens with one attached hydrogen (secondary N) is 1. The highest BCUT2D eigenvalue weighted by Crippen LogP contribution is 2.28. The number of nitrogens with zero attached hydrogens (tertiary/aromatic N) is 6. The van der Waals surface area contributed by atoms with Crippen LogP contribution in [-0.2, 0) is 6.54 Å². The van der Waals surface area contributed by atoms with Crippen molar-refractivity contribution in [2.75, 3.05) is 5.32 Å². The smallest absolute Gasteiger partial charge is 0.274 e. The molecule has 9 heteroatoms. The van der Waals surface area contributed by atoms with E-state index < -0.39 is 5.82 Å². The molecule has 0 atom stereocenters. The second-order valence-electron chi connectivity index (χ2n) is 8.43. The molecule has 0 fully saturated rings. The van der Waals surface area contributed by atoms with Crippen molar-refractivity contribution in [3.63, 3.8) is 0 Å². The van der Waals surface area contributed by atoms with Crippen molar-refractivity contribution in [2.45, 2.75) is 40.3 Å². The van der Waals surface area contributed by atoms with Crippen molar-refractivity contribution in [2.24, 2.45) is 0 Å². The maximum absolute atomic E-state index is 13.5. The van der Waals surface area contributed by atoms with Gasteiger partial charge in [-0.2, -0.15) is 10.2 Å². The zero-order valence-electron chi connectivity index (χ0n) is 18.9. The predicted octanol–water partition coefficient (Wildman–Crippen LogP) is 4.52. The average Bonchev–Trinajstić information content (AvgIpc) is 3.44. The molecule has 0 aliphatic carbocycles. The number of aromatic nitrogens is 6. The zero-order valence-corrected chi connectivity index (χ0v) is 18.9. The summed E-state index contributed by atoms with van der Waals surface area (Å²) in [4.78, 5) is 17.2. The Bertz CT molecular complexity index is 1510. The van der Waals surface area contributed by atoms with Crippen LogP contribution in [0.15, 0.2) is 48.8 Å². The van der Waals surface area contributed by atoms with Gasteiger partial charge in [-0.25, -0.2) is 9.37 Å². The first-order valence-electron chi connectivity index (χ1n) is 10.8. The van der Waals surface area contributed by atoms with E-state index in [-0.39, 0.29) is 11.9 Å². The number of aryl methyl sites for hydroxylation is 2. The second kappa shape index (κ2) is 7.84. The molecule has 168 valence electrons. The minimum absolute atomic E-state index is 0.285. The van der Waals surface area contributed by atoms with Gasteiger partial charge in [0, 0.05) is 29.4 Å². The fraction of sp³-hybridized carbons (Fsp3) is 0.250. The fourth-order valence-corrected chi connectivity index (χ4v) is 4.26. The molecule has 1 aromatic carbocycles. The molecule has 5 aromatic rings. The predicted molar refractivity (Wildman–Crippen MR) is 124 cm³/mol. The van der Waals surface area contributed by atoms with Gasteiger partial charge in [0.25, 0.3) is 5.91 Å². The summed E-state index contributed by atoms with van der Waals surface area (Å²) in [5.41, 5.74) is 5.10. The van der Waals surface area contributed by atoms with Crippen LogP contribution in [0.3, 0.4) is 0 Å². The van der Waals surface area contributed by atoms with Gasteiger partial charge < -0.3 is 5.32 Å². The monoisotopic (exact) mass is 445 g/mol. The van der Waals surface area contributed by atoms with Crippen molar-refractivity contribution in [1.82, 2.24) is 28.9 Å².